The molecule has 0 aliphatic carbocycles. The molecule has 6 nitrogen and oxygen atoms in total. The minimum absolute atomic E-state index is 0.0527. The first-order valence-corrected chi connectivity index (χ1v) is 9.74. The first-order valence-electron chi connectivity index (χ1n) is 9.20. The molecule has 29 heavy (non-hydrogen) atoms. The van der Waals surface area contributed by atoms with Gasteiger partial charge >= 0.3 is 6.09 Å². The Morgan fingerprint density at radius 1 is 1.21 bits per heavy atom. The fraction of sp³-hybridized carbons (Fsp3) is 0.227. The SMILES string of the molecule is COc1cc(COc2cc3c(c4ccccc24)[C@H](CCl)CN3C(=O)O)ccc1N. The Morgan fingerprint density at radius 2 is 1.97 bits per heavy atom. The number of fused-ring (bicyclic) bond motifs is 3. The van der Waals surface area contributed by atoms with Crippen molar-refractivity contribution >= 4 is 39.8 Å². The lowest BCUT2D eigenvalue weighted by Gasteiger charge is -2.17. The zero-order valence-corrected chi connectivity index (χ0v) is 16.6. The molecule has 0 aromatic heterocycles. The number of nitrogen functional groups attached to an aromatic ring is 1. The van der Waals surface area contributed by atoms with Gasteiger partial charge in [0.05, 0.1) is 18.5 Å². The number of rotatable bonds is 5. The van der Waals surface area contributed by atoms with Crippen LogP contribution in [0.5, 0.6) is 11.5 Å². The van der Waals surface area contributed by atoms with Crippen molar-refractivity contribution in [2.45, 2.75) is 12.5 Å². The molecule has 0 spiro atoms. The summed E-state index contributed by atoms with van der Waals surface area (Å²) in [6.45, 7) is 0.641. The number of hydrogen-bond acceptors (Lipinski definition) is 4. The van der Waals surface area contributed by atoms with Gasteiger partial charge in [-0.3, -0.25) is 4.90 Å². The zero-order valence-electron chi connectivity index (χ0n) is 15.9. The molecule has 3 aromatic rings. The number of ether oxygens (including phenoxy) is 2. The molecule has 3 N–H and O–H groups in total. The number of alkyl halides is 1. The molecule has 1 heterocycles. The molecule has 7 heteroatoms. The fourth-order valence-electron chi connectivity index (χ4n) is 3.85. The maximum absolute atomic E-state index is 11.8. The number of benzene rings is 3. The van der Waals surface area contributed by atoms with Crippen LogP contribution in [-0.2, 0) is 6.61 Å². The van der Waals surface area contributed by atoms with Gasteiger partial charge in [0, 0.05) is 29.8 Å². The van der Waals surface area contributed by atoms with Crippen molar-refractivity contribution in [2.24, 2.45) is 0 Å². The highest BCUT2D eigenvalue weighted by atomic mass is 35.5. The van der Waals surface area contributed by atoms with E-state index in [0.717, 1.165) is 21.9 Å². The van der Waals surface area contributed by atoms with Crippen LogP contribution in [0.25, 0.3) is 10.8 Å². The van der Waals surface area contributed by atoms with E-state index in [2.05, 4.69) is 0 Å². The lowest BCUT2D eigenvalue weighted by Crippen LogP contribution is -2.28. The van der Waals surface area contributed by atoms with Crippen LogP contribution in [0, 0.1) is 0 Å². The standard InChI is InChI=1S/C22H21ClN2O4/c1-28-20-8-13(6-7-17(20)24)12-29-19-9-18-21(16-5-3-2-4-15(16)19)14(10-23)11-25(18)22(26)27/h2-9,14H,10-12,24H2,1H3,(H,26,27)/t14-/m1/s1. The molecular formula is C22H21ClN2O4. The lowest BCUT2D eigenvalue weighted by molar-refractivity contribution is 0.202. The molecule has 1 aliphatic heterocycles. The average Bonchev–Trinajstić information content (AvgIpc) is 3.12. The monoisotopic (exact) mass is 412 g/mol. The number of amides is 1. The molecule has 3 aromatic carbocycles. The van der Waals surface area contributed by atoms with Gasteiger partial charge in [0.25, 0.3) is 0 Å². The highest BCUT2D eigenvalue weighted by Crippen LogP contribution is 2.45. The molecule has 0 fully saturated rings. The Bertz CT molecular complexity index is 1090. The average molecular weight is 413 g/mol. The van der Waals surface area contributed by atoms with E-state index in [0.29, 0.717) is 41.9 Å². The molecule has 0 unspecified atom stereocenters. The van der Waals surface area contributed by atoms with Crippen molar-refractivity contribution in [3.63, 3.8) is 0 Å². The molecule has 0 saturated heterocycles. The summed E-state index contributed by atoms with van der Waals surface area (Å²) in [6.07, 6.45) is -0.997. The summed E-state index contributed by atoms with van der Waals surface area (Å²) in [6, 6.07) is 15.1. The molecule has 4 rings (SSSR count). The van der Waals surface area contributed by atoms with Crippen LogP contribution < -0.4 is 20.1 Å². The van der Waals surface area contributed by atoms with Gasteiger partial charge < -0.3 is 20.3 Å². The number of halogens is 1. The van der Waals surface area contributed by atoms with Gasteiger partial charge in [-0.15, -0.1) is 11.6 Å². The Morgan fingerprint density at radius 3 is 2.66 bits per heavy atom. The molecule has 1 aliphatic rings. The van der Waals surface area contributed by atoms with Gasteiger partial charge in [0.1, 0.15) is 18.1 Å². The Balaban J connectivity index is 1.76. The van der Waals surface area contributed by atoms with Crippen LogP contribution >= 0.6 is 11.6 Å². The first-order chi connectivity index (χ1) is 14.0. The zero-order chi connectivity index (χ0) is 20.5. The minimum Gasteiger partial charge on any atom is -0.495 e. The summed E-state index contributed by atoms with van der Waals surface area (Å²) in [7, 11) is 1.57. The first kappa shape index (κ1) is 19.2. The van der Waals surface area contributed by atoms with Crippen molar-refractivity contribution in [3.8, 4) is 11.5 Å². The molecule has 0 bridgehead atoms. The number of nitrogens with two attached hydrogens (primary N) is 1. The highest BCUT2D eigenvalue weighted by molar-refractivity contribution is 6.19. The number of hydrogen-bond donors (Lipinski definition) is 2. The van der Waals surface area contributed by atoms with Crippen molar-refractivity contribution in [1.82, 2.24) is 0 Å². The summed E-state index contributed by atoms with van der Waals surface area (Å²) in [4.78, 5) is 13.1. The maximum Gasteiger partial charge on any atom is 0.411 e. The van der Waals surface area contributed by atoms with E-state index >= 15 is 0 Å². The van der Waals surface area contributed by atoms with E-state index < -0.39 is 6.09 Å². The number of carbonyl (C=O) groups is 1. The number of methoxy groups -OCH3 is 1. The topological polar surface area (TPSA) is 85.0 Å². The highest BCUT2D eigenvalue weighted by Gasteiger charge is 2.34. The van der Waals surface area contributed by atoms with Crippen LogP contribution in [0.4, 0.5) is 16.2 Å². The van der Waals surface area contributed by atoms with Gasteiger partial charge in [-0.05, 0) is 28.6 Å². The van der Waals surface area contributed by atoms with Crippen molar-refractivity contribution in [2.75, 3.05) is 30.2 Å². The third-order valence-corrected chi connectivity index (χ3v) is 5.61. The van der Waals surface area contributed by atoms with Crippen molar-refractivity contribution in [1.29, 1.82) is 0 Å². The predicted octanol–water partition coefficient (Wildman–Crippen LogP) is 4.83. The smallest absolute Gasteiger partial charge is 0.411 e. The van der Waals surface area contributed by atoms with Crippen LogP contribution in [0.3, 0.4) is 0 Å². The Kier molecular flexibility index (Phi) is 5.11. The quantitative estimate of drug-likeness (QED) is 0.463. The van der Waals surface area contributed by atoms with E-state index in [1.165, 1.54) is 4.90 Å². The summed E-state index contributed by atoms with van der Waals surface area (Å²) >= 11 is 6.16. The van der Waals surface area contributed by atoms with Gasteiger partial charge in [-0.2, -0.15) is 0 Å². The van der Waals surface area contributed by atoms with E-state index in [9.17, 15) is 9.90 Å². The third kappa shape index (κ3) is 3.40. The predicted molar refractivity (Wildman–Crippen MR) is 115 cm³/mol. The van der Waals surface area contributed by atoms with Gasteiger partial charge in [0.15, 0.2) is 0 Å². The molecule has 1 atom stereocenters. The lowest BCUT2D eigenvalue weighted by atomic mass is 9.95. The van der Waals surface area contributed by atoms with E-state index in [-0.39, 0.29) is 5.92 Å². The molecule has 0 radical (unpaired) electrons. The summed E-state index contributed by atoms with van der Waals surface area (Å²) in [5.74, 6) is 1.51. The van der Waals surface area contributed by atoms with Gasteiger partial charge in [-0.1, -0.05) is 30.3 Å². The second-order valence-corrected chi connectivity index (χ2v) is 7.27. The second kappa shape index (κ2) is 7.72. The van der Waals surface area contributed by atoms with Crippen LogP contribution in [0.2, 0.25) is 0 Å². The van der Waals surface area contributed by atoms with Gasteiger partial charge in [0.2, 0.25) is 0 Å². The largest absolute Gasteiger partial charge is 0.495 e. The van der Waals surface area contributed by atoms with Crippen molar-refractivity contribution in [3.05, 3.63) is 59.7 Å². The second-order valence-electron chi connectivity index (χ2n) is 6.96. The van der Waals surface area contributed by atoms with E-state index in [1.807, 2.05) is 36.4 Å². The number of carboxylic acid groups (broad SMARTS) is 1. The third-order valence-electron chi connectivity index (χ3n) is 5.24. The summed E-state index contributed by atoms with van der Waals surface area (Å²) in [5.41, 5.74) is 8.92. The van der Waals surface area contributed by atoms with Gasteiger partial charge in [-0.25, -0.2) is 4.79 Å². The van der Waals surface area contributed by atoms with E-state index in [1.54, 1.807) is 19.2 Å². The molecule has 0 saturated carbocycles. The van der Waals surface area contributed by atoms with E-state index in [4.69, 9.17) is 26.8 Å². The number of nitrogens with zero attached hydrogens (tertiary/aromatic N) is 1. The molecular weight excluding hydrogens is 392 g/mol. The van der Waals surface area contributed by atoms with Crippen molar-refractivity contribution < 1.29 is 19.4 Å². The Hall–Kier alpha value is -3.12. The summed E-state index contributed by atoms with van der Waals surface area (Å²) < 4.78 is 11.4. The Labute approximate surface area is 173 Å². The molecule has 150 valence electrons. The summed E-state index contributed by atoms with van der Waals surface area (Å²) in [5, 5.41) is 11.5. The maximum atomic E-state index is 11.8. The van der Waals surface area contributed by atoms with Crippen LogP contribution in [-0.4, -0.2) is 30.7 Å². The van der Waals surface area contributed by atoms with Crippen LogP contribution in [0.1, 0.15) is 17.0 Å². The number of anilines is 2. The fourth-order valence-corrected chi connectivity index (χ4v) is 4.10. The minimum atomic E-state index is -0.997. The normalized spacial score (nSPS) is 15.4. The molecule has 1 amide bonds. The van der Waals surface area contributed by atoms with Crippen LogP contribution in [0.15, 0.2) is 48.5 Å².